The number of alkyl halides is 4. The topological polar surface area (TPSA) is 89.6 Å². The van der Waals surface area contributed by atoms with Crippen LogP contribution < -0.4 is 20.3 Å². The third-order valence-corrected chi connectivity index (χ3v) is 6.14. The molecule has 0 amide bonds. The first-order valence-electron chi connectivity index (χ1n) is 10.4. The van der Waals surface area contributed by atoms with E-state index < -0.39 is 19.1 Å². The maximum Gasteiger partial charge on any atom is 0.387 e. The Kier molecular flexibility index (Phi) is 5.39. The van der Waals surface area contributed by atoms with E-state index in [-0.39, 0.29) is 29.7 Å². The van der Waals surface area contributed by atoms with Gasteiger partial charge in [-0.3, -0.25) is 0 Å². The first-order valence-corrected chi connectivity index (χ1v) is 10.4. The number of pyridine rings is 1. The number of fused-ring (bicyclic) bond motifs is 2. The lowest BCUT2D eigenvalue weighted by Gasteiger charge is -2.30. The Morgan fingerprint density at radius 3 is 2.69 bits per heavy atom. The van der Waals surface area contributed by atoms with E-state index in [9.17, 15) is 17.6 Å². The van der Waals surface area contributed by atoms with Crippen LogP contribution in [0.2, 0.25) is 0 Å². The number of rotatable bonds is 6. The van der Waals surface area contributed by atoms with Crippen molar-refractivity contribution in [3.8, 4) is 17.0 Å². The fourth-order valence-electron chi connectivity index (χ4n) is 4.61. The first-order chi connectivity index (χ1) is 15.4. The molecular formula is C20H22F4N6O2. The Balaban J connectivity index is 1.57. The molecule has 5 rings (SSSR count). The highest BCUT2D eigenvalue weighted by Crippen LogP contribution is 2.36. The molecule has 2 aromatic heterocycles. The second-order valence-corrected chi connectivity index (χ2v) is 8.13. The molecule has 3 saturated heterocycles. The standard InChI is InChI=1S/C20H22F4N6O2/c21-17(22)14-2-1-3-29(14)20-27-13(10-4-15(32-19(23)24)18(25)26-7-10)6-16(28-20)30-8-12-5-11(30)9-31-12/h4,6-7,11-12,14,17,19H,1-3,5,8-9H2,(H2,25,26)/t11-,12-,14?/m0/s1. The molecule has 0 aliphatic carbocycles. The summed E-state index contributed by atoms with van der Waals surface area (Å²) in [6, 6.07) is 2.19. The molecule has 3 aliphatic rings. The van der Waals surface area contributed by atoms with Crippen LogP contribution in [0.3, 0.4) is 0 Å². The van der Waals surface area contributed by atoms with E-state index in [1.54, 1.807) is 6.07 Å². The number of nitrogens with two attached hydrogens (primary N) is 1. The highest BCUT2D eigenvalue weighted by atomic mass is 19.3. The third-order valence-electron chi connectivity index (χ3n) is 6.14. The van der Waals surface area contributed by atoms with E-state index in [1.807, 2.05) is 0 Å². The molecule has 5 heterocycles. The molecule has 0 saturated carbocycles. The van der Waals surface area contributed by atoms with Gasteiger partial charge in [0.15, 0.2) is 11.6 Å². The molecule has 0 radical (unpaired) electrons. The molecule has 2 N–H and O–H groups in total. The zero-order valence-corrected chi connectivity index (χ0v) is 17.0. The SMILES string of the molecule is Nc1ncc(-c2cc(N3C[C@@H]4C[C@H]3CO4)nc(N3CCCC3C(F)F)n2)cc1OC(F)F. The molecule has 0 aromatic carbocycles. The Morgan fingerprint density at radius 2 is 2.00 bits per heavy atom. The van der Waals surface area contributed by atoms with Gasteiger partial charge in [0.1, 0.15) is 5.82 Å². The minimum atomic E-state index is -3.07. The minimum Gasteiger partial charge on any atom is -0.431 e. The Hall–Kier alpha value is -2.89. The van der Waals surface area contributed by atoms with Crippen LogP contribution in [0.4, 0.5) is 35.1 Å². The number of hydrogen-bond acceptors (Lipinski definition) is 8. The van der Waals surface area contributed by atoms with Gasteiger partial charge < -0.3 is 25.0 Å². The minimum absolute atomic E-state index is 0.103. The summed E-state index contributed by atoms with van der Waals surface area (Å²) in [7, 11) is 0. The summed E-state index contributed by atoms with van der Waals surface area (Å²) >= 11 is 0. The Labute approximate surface area is 181 Å². The molecule has 2 aromatic rings. The molecule has 3 fully saturated rings. The fourth-order valence-corrected chi connectivity index (χ4v) is 4.61. The summed E-state index contributed by atoms with van der Waals surface area (Å²) in [5, 5.41) is 0. The van der Waals surface area contributed by atoms with Gasteiger partial charge in [-0.2, -0.15) is 13.8 Å². The lowest BCUT2D eigenvalue weighted by molar-refractivity contribution is -0.0494. The summed E-state index contributed by atoms with van der Waals surface area (Å²) in [4.78, 5) is 16.7. The van der Waals surface area contributed by atoms with Crippen molar-refractivity contribution in [1.82, 2.24) is 15.0 Å². The number of nitrogen functional groups attached to an aromatic ring is 1. The van der Waals surface area contributed by atoms with Crippen LogP contribution in [0.15, 0.2) is 18.3 Å². The zero-order valence-electron chi connectivity index (χ0n) is 17.0. The molecule has 3 aliphatic heterocycles. The van der Waals surface area contributed by atoms with Crippen molar-refractivity contribution in [3.05, 3.63) is 18.3 Å². The highest BCUT2D eigenvalue weighted by molar-refractivity contribution is 5.68. The monoisotopic (exact) mass is 454 g/mol. The van der Waals surface area contributed by atoms with Gasteiger partial charge in [-0.25, -0.2) is 18.7 Å². The van der Waals surface area contributed by atoms with Crippen molar-refractivity contribution < 1.29 is 27.0 Å². The van der Waals surface area contributed by atoms with Crippen LogP contribution in [0.5, 0.6) is 5.75 Å². The first kappa shape index (κ1) is 21.0. The fraction of sp³-hybridized carbons (Fsp3) is 0.550. The maximum absolute atomic E-state index is 13.6. The largest absolute Gasteiger partial charge is 0.431 e. The normalized spacial score (nSPS) is 24.9. The van der Waals surface area contributed by atoms with Crippen molar-refractivity contribution in [3.63, 3.8) is 0 Å². The van der Waals surface area contributed by atoms with Crippen LogP contribution in [0, 0.1) is 0 Å². The van der Waals surface area contributed by atoms with Crippen LogP contribution in [0.25, 0.3) is 11.3 Å². The molecule has 32 heavy (non-hydrogen) atoms. The second-order valence-electron chi connectivity index (χ2n) is 8.13. The van der Waals surface area contributed by atoms with Gasteiger partial charge in [-0.1, -0.05) is 0 Å². The van der Waals surface area contributed by atoms with Crippen LogP contribution in [0.1, 0.15) is 19.3 Å². The quantitative estimate of drug-likeness (QED) is 0.667. The predicted octanol–water partition coefficient (Wildman–Crippen LogP) is 2.93. The average molecular weight is 454 g/mol. The van der Waals surface area contributed by atoms with Crippen molar-refractivity contribution in [1.29, 1.82) is 0 Å². The molecule has 3 atom stereocenters. The van der Waals surface area contributed by atoms with Gasteiger partial charge in [0.05, 0.1) is 30.5 Å². The summed E-state index contributed by atoms with van der Waals surface area (Å²) < 4.78 is 62.8. The van der Waals surface area contributed by atoms with E-state index in [1.165, 1.54) is 17.2 Å². The van der Waals surface area contributed by atoms with Gasteiger partial charge in [0.2, 0.25) is 5.95 Å². The van der Waals surface area contributed by atoms with Gasteiger partial charge >= 0.3 is 6.61 Å². The summed E-state index contributed by atoms with van der Waals surface area (Å²) in [6.07, 6.45) is 0.778. The van der Waals surface area contributed by atoms with E-state index >= 15 is 0 Å². The smallest absolute Gasteiger partial charge is 0.387 e. The van der Waals surface area contributed by atoms with Crippen molar-refractivity contribution in [2.75, 3.05) is 35.2 Å². The van der Waals surface area contributed by atoms with Gasteiger partial charge in [-0.05, 0) is 25.3 Å². The second kappa shape index (κ2) is 8.23. The Morgan fingerprint density at radius 1 is 1.16 bits per heavy atom. The number of hydrogen-bond donors (Lipinski definition) is 1. The lowest BCUT2D eigenvalue weighted by atomic mass is 10.2. The number of nitrogens with zero attached hydrogens (tertiary/aromatic N) is 5. The number of morpholine rings is 1. The average Bonchev–Trinajstić information content (AvgIpc) is 3.51. The number of anilines is 3. The van der Waals surface area contributed by atoms with E-state index in [2.05, 4.69) is 24.6 Å². The number of ether oxygens (including phenoxy) is 2. The van der Waals surface area contributed by atoms with Crippen LogP contribution in [-0.2, 0) is 4.74 Å². The molecule has 172 valence electrons. The summed E-state index contributed by atoms with van der Waals surface area (Å²) in [6.45, 7) is -1.45. The van der Waals surface area contributed by atoms with E-state index in [0.29, 0.717) is 49.6 Å². The van der Waals surface area contributed by atoms with Crippen molar-refractivity contribution in [2.45, 2.75) is 50.5 Å². The van der Waals surface area contributed by atoms with Crippen molar-refractivity contribution in [2.24, 2.45) is 0 Å². The zero-order chi connectivity index (χ0) is 22.4. The molecule has 2 bridgehead atoms. The lowest BCUT2D eigenvalue weighted by Crippen LogP contribution is -2.39. The molecule has 8 nitrogen and oxygen atoms in total. The van der Waals surface area contributed by atoms with E-state index in [0.717, 1.165) is 6.42 Å². The highest BCUT2D eigenvalue weighted by Gasteiger charge is 2.40. The van der Waals surface area contributed by atoms with Crippen LogP contribution in [-0.4, -0.2) is 65.9 Å². The van der Waals surface area contributed by atoms with Crippen LogP contribution >= 0.6 is 0 Å². The number of halogens is 4. The van der Waals surface area contributed by atoms with Crippen molar-refractivity contribution >= 4 is 17.6 Å². The maximum atomic E-state index is 13.6. The molecule has 12 heteroatoms. The third kappa shape index (κ3) is 3.87. The van der Waals surface area contributed by atoms with Gasteiger partial charge in [0.25, 0.3) is 6.43 Å². The number of aromatic nitrogens is 3. The summed E-state index contributed by atoms with van der Waals surface area (Å²) in [5.74, 6) is 0.292. The summed E-state index contributed by atoms with van der Waals surface area (Å²) in [5.41, 5.74) is 6.38. The molecular weight excluding hydrogens is 432 g/mol. The van der Waals surface area contributed by atoms with Gasteiger partial charge in [-0.15, -0.1) is 0 Å². The Bertz CT molecular complexity index is 997. The molecule has 0 spiro atoms. The van der Waals surface area contributed by atoms with Gasteiger partial charge in [0, 0.05) is 30.9 Å². The molecule has 1 unspecified atom stereocenters. The predicted molar refractivity (Wildman–Crippen MR) is 108 cm³/mol. The van der Waals surface area contributed by atoms with E-state index in [4.69, 9.17) is 10.5 Å².